The van der Waals surface area contributed by atoms with Gasteiger partial charge in [0.05, 0.1) is 0 Å². The van der Waals surface area contributed by atoms with Gasteiger partial charge < -0.3 is 15.6 Å². The van der Waals surface area contributed by atoms with E-state index in [1.807, 2.05) is 92.0 Å². The van der Waals surface area contributed by atoms with Gasteiger partial charge in [-0.25, -0.2) is 0 Å². The standard InChI is InChI=1S/C27H27N3O2/c1-19-11-14-22(15-12-19)29-27(32)25(17-21-18-28-24-10-6-5-9-23(21)24)30-26(31)16-13-20-7-3-2-4-8-20/h2-12,14-15,18,25,28H,13,16-17H2,1H3,(H,29,32)(H,30,31). The molecule has 1 aromatic heterocycles. The van der Waals surface area contributed by atoms with E-state index in [9.17, 15) is 9.59 Å². The average Bonchev–Trinajstić information content (AvgIpc) is 3.22. The minimum Gasteiger partial charge on any atom is -0.361 e. The lowest BCUT2D eigenvalue weighted by Crippen LogP contribution is -2.45. The van der Waals surface area contributed by atoms with Crippen LogP contribution >= 0.6 is 0 Å². The van der Waals surface area contributed by atoms with Gasteiger partial charge in [0, 0.05) is 35.6 Å². The zero-order chi connectivity index (χ0) is 22.3. The number of hydrogen-bond donors (Lipinski definition) is 3. The van der Waals surface area contributed by atoms with E-state index in [2.05, 4.69) is 15.6 Å². The highest BCUT2D eigenvalue weighted by Gasteiger charge is 2.23. The lowest BCUT2D eigenvalue weighted by Gasteiger charge is -2.19. The van der Waals surface area contributed by atoms with Crippen molar-refractivity contribution in [2.24, 2.45) is 0 Å². The molecule has 0 saturated carbocycles. The second-order valence-electron chi connectivity index (χ2n) is 8.02. The predicted molar refractivity (Wildman–Crippen MR) is 129 cm³/mol. The number of amides is 2. The van der Waals surface area contributed by atoms with Crippen LogP contribution in [0.15, 0.2) is 85.1 Å². The van der Waals surface area contributed by atoms with E-state index in [1.54, 1.807) is 0 Å². The number of aromatic amines is 1. The number of rotatable bonds is 8. The molecular weight excluding hydrogens is 398 g/mol. The molecule has 5 nitrogen and oxygen atoms in total. The van der Waals surface area contributed by atoms with Crippen molar-refractivity contribution >= 4 is 28.4 Å². The number of benzene rings is 3. The minimum atomic E-state index is -0.682. The van der Waals surface area contributed by atoms with Crippen molar-refractivity contribution < 1.29 is 9.59 Å². The molecule has 162 valence electrons. The summed E-state index contributed by atoms with van der Waals surface area (Å²) >= 11 is 0. The highest BCUT2D eigenvalue weighted by atomic mass is 16.2. The minimum absolute atomic E-state index is 0.141. The van der Waals surface area contributed by atoms with Gasteiger partial charge in [0.15, 0.2) is 0 Å². The van der Waals surface area contributed by atoms with Crippen molar-refractivity contribution in [3.05, 3.63) is 102 Å². The van der Waals surface area contributed by atoms with Gasteiger partial charge in [0.2, 0.25) is 11.8 Å². The summed E-state index contributed by atoms with van der Waals surface area (Å²) in [5, 5.41) is 6.96. The number of aryl methyl sites for hydroxylation is 2. The number of hydrogen-bond acceptors (Lipinski definition) is 2. The lowest BCUT2D eigenvalue weighted by atomic mass is 10.0. The van der Waals surface area contributed by atoms with E-state index in [0.29, 0.717) is 24.9 Å². The molecule has 0 aliphatic heterocycles. The summed E-state index contributed by atoms with van der Waals surface area (Å²) in [6.45, 7) is 2.00. The van der Waals surface area contributed by atoms with Crippen molar-refractivity contribution in [2.45, 2.75) is 32.2 Å². The van der Waals surface area contributed by atoms with E-state index in [0.717, 1.165) is 27.6 Å². The molecule has 4 rings (SSSR count). The SMILES string of the molecule is Cc1ccc(NC(=O)C(Cc2c[nH]c3ccccc23)NC(=O)CCc2ccccc2)cc1. The molecule has 1 heterocycles. The first kappa shape index (κ1) is 21.4. The molecule has 5 heteroatoms. The largest absolute Gasteiger partial charge is 0.361 e. The van der Waals surface area contributed by atoms with Gasteiger partial charge in [-0.1, -0.05) is 66.2 Å². The van der Waals surface area contributed by atoms with Crippen molar-refractivity contribution in [1.29, 1.82) is 0 Å². The summed E-state index contributed by atoms with van der Waals surface area (Å²) in [4.78, 5) is 29.1. The Kier molecular flexibility index (Phi) is 6.66. The van der Waals surface area contributed by atoms with E-state index in [-0.39, 0.29) is 11.8 Å². The topological polar surface area (TPSA) is 74.0 Å². The highest BCUT2D eigenvalue weighted by molar-refractivity contribution is 5.98. The van der Waals surface area contributed by atoms with Crippen LogP contribution in [-0.4, -0.2) is 22.8 Å². The molecule has 32 heavy (non-hydrogen) atoms. The first-order chi connectivity index (χ1) is 15.6. The highest BCUT2D eigenvalue weighted by Crippen LogP contribution is 2.20. The van der Waals surface area contributed by atoms with Crippen molar-refractivity contribution in [3.63, 3.8) is 0 Å². The molecule has 2 amide bonds. The molecule has 0 radical (unpaired) electrons. The van der Waals surface area contributed by atoms with Crippen molar-refractivity contribution in [3.8, 4) is 0 Å². The van der Waals surface area contributed by atoms with Crippen molar-refractivity contribution in [1.82, 2.24) is 10.3 Å². The van der Waals surface area contributed by atoms with E-state index in [1.165, 1.54) is 0 Å². The van der Waals surface area contributed by atoms with Crippen LogP contribution in [0.4, 0.5) is 5.69 Å². The number of nitrogens with one attached hydrogen (secondary N) is 3. The molecule has 0 aliphatic carbocycles. The predicted octanol–water partition coefficient (Wildman–Crippen LogP) is 4.78. The normalized spacial score (nSPS) is 11.8. The first-order valence-electron chi connectivity index (χ1n) is 10.8. The van der Waals surface area contributed by atoms with Gasteiger partial charge in [0.25, 0.3) is 0 Å². The molecule has 0 saturated heterocycles. The Labute approximate surface area is 187 Å². The zero-order valence-electron chi connectivity index (χ0n) is 18.1. The maximum atomic E-state index is 13.1. The quantitative estimate of drug-likeness (QED) is 0.380. The van der Waals surface area contributed by atoms with Crippen LogP contribution < -0.4 is 10.6 Å². The number of fused-ring (bicyclic) bond motifs is 1. The maximum absolute atomic E-state index is 13.1. The Balaban J connectivity index is 1.49. The zero-order valence-corrected chi connectivity index (χ0v) is 18.1. The molecule has 1 atom stereocenters. The lowest BCUT2D eigenvalue weighted by molar-refractivity contribution is -0.126. The van der Waals surface area contributed by atoms with Gasteiger partial charge in [-0.3, -0.25) is 9.59 Å². The van der Waals surface area contributed by atoms with Gasteiger partial charge in [0.1, 0.15) is 6.04 Å². The second-order valence-corrected chi connectivity index (χ2v) is 8.02. The fraction of sp³-hybridized carbons (Fsp3) is 0.185. The molecule has 0 spiro atoms. The number of para-hydroxylation sites is 1. The van der Waals surface area contributed by atoms with E-state index < -0.39 is 6.04 Å². The first-order valence-corrected chi connectivity index (χ1v) is 10.8. The van der Waals surface area contributed by atoms with Crippen LogP contribution in [0.5, 0.6) is 0 Å². The van der Waals surface area contributed by atoms with Gasteiger partial charge >= 0.3 is 0 Å². The van der Waals surface area contributed by atoms with Crippen LogP contribution in [0.25, 0.3) is 10.9 Å². The maximum Gasteiger partial charge on any atom is 0.247 e. The molecule has 3 aromatic carbocycles. The van der Waals surface area contributed by atoms with Crippen LogP contribution in [-0.2, 0) is 22.4 Å². The Hall–Kier alpha value is -3.86. The molecule has 3 N–H and O–H groups in total. The van der Waals surface area contributed by atoms with Gasteiger partial charge in [-0.15, -0.1) is 0 Å². The van der Waals surface area contributed by atoms with Crippen LogP contribution in [0, 0.1) is 6.92 Å². The molecule has 0 fully saturated rings. The summed E-state index contributed by atoms with van der Waals surface area (Å²) in [5.41, 5.74) is 4.93. The number of H-pyrrole nitrogens is 1. The number of carbonyl (C=O) groups excluding carboxylic acids is 2. The van der Waals surface area contributed by atoms with Crippen LogP contribution in [0.3, 0.4) is 0 Å². The summed E-state index contributed by atoms with van der Waals surface area (Å²) < 4.78 is 0. The Bertz CT molecular complexity index is 1200. The third-order valence-corrected chi connectivity index (χ3v) is 5.55. The molecule has 0 bridgehead atoms. The molecular formula is C27H27N3O2. The number of anilines is 1. The summed E-state index contributed by atoms with van der Waals surface area (Å²) in [7, 11) is 0. The van der Waals surface area contributed by atoms with E-state index >= 15 is 0 Å². The van der Waals surface area contributed by atoms with E-state index in [4.69, 9.17) is 0 Å². The Morgan fingerprint density at radius 1 is 0.906 bits per heavy atom. The fourth-order valence-electron chi connectivity index (χ4n) is 3.76. The third-order valence-electron chi connectivity index (χ3n) is 5.55. The van der Waals surface area contributed by atoms with Crippen LogP contribution in [0.2, 0.25) is 0 Å². The number of carbonyl (C=O) groups is 2. The number of aromatic nitrogens is 1. The average molecular weight is 426 g/mol. The van der Waals surface area contributed by atoms with Crippen LogP contribution in [0.1, 0.15) is 23.1 Å². The Morgan fingerprint density at radius 3 is 2.41 bits per heavy atom. The van der Waals surface area contributed by atoms with Gasteiger partial charge in [-0.2, -0.15) is 0 Å². The third kappa shape index (κ3) is 5.43. The van der Waals surface area contributed by atoms with Crippen molar-refractivity contribution in [2.75, 3.05) is 5.32 Å². The Morgan fingerprint density at radius 2 is 1.62 bits per heavy atom. The summed E-state index contributed by atoms with van der Waals surface area (Å²) in [6.07, 6.45) is 3.27. The summed E-state index contributed by atoms with van der Waals surface area (Å²) in [5.74, 6) is -0.370. The smallest absolute Gasteiger partial charge is 0.247 e. The van der Waals surface area contributed by atoms with Gasteiger partial charge in [-0.05, 0) is 42.7 Å². The molecule has 1 unspecified atom stereocenters. The molecule has 4 aromatic rings. The fourth-order valence-corrected chi connectivity index (χ4v) is 3.76. The second kappa shape index (κ2) is 9.96. The summed E-state index contributed by atoms with van der Waals surface area (Å²) in [6, 6.07) is 24.8. The monoisotopic (exact) mass is 425 g/mol. The molecule has 0 aliphatic rings.